The number of likely N-dealkylation sites (N-methyl/N-ethyl adjacent to an activating group) is 1. The molecule has 0 unspecified atom stereocenters. The van der Waals surface area contributed by atoms with E-state index in [-0.39, 0.29) is 18.3 Å². The van der Waals surface area contributed by atoms with E-state index >= 15 is 0 Å². The van der Waals surface area contributed by atoms with Crippen molar-refractivity contribution in [2.45, 2.75) is 6.54 Å². The molecule has 2 rings (SSSR count). The largest absolute Gasteiger partial charge is 0.376 e. The van der Waals surface area contributed by atoms with Crippen molar-refractivity contribution in [1.82, 2.24) is 4.90 Å². The van der Waals surface area contributed by atoms with E-state index in [9.17, 15) is 9.18 Å². The molecule has 0 aliphatic rings. The van der Waals surface area contributed by atoms with Crippen LogP contribution in [0.15, 0.2) is 42.5 Å². The van der Waals surface area contributed by atoms with Gasteiger partial charge in [-0.15, -0.1) is 0 Å². The molecule has 6 heteroatoms. The van der Waals surface area contributed by atoms with Crippen LogP contribution in [-0.4, -0.2) is 38.5 Å². The number of hydrogen-bond donors (Lipinski definition) is 1. The Morgan fingerprint density at radius 1 is 1.12 bits per heavy atom. The number of nitrogens with one attached hydrogen (secondary N) is 1. The molecule has 2 aromatic carbocycles. The molecule has 0 aliphatic carbocycles. The number of rotatable bonds is 6. The van der Waals surface area contributed by atoms with Crippen LogP contribution in [0.4, 0.5) is 15.8 Å². The SMILES string of the molecule is CN(CC(=O)Nc1cc(Cl)ccc1N(C)C)Cc1ccc(F)cc1. The molecule has 0 saturated carbocycles. The maximum atomic E-state index is 12.9. The quantitative estimate of drug-likeness (QED) is 0.865. The summed E-state index contributed by atoms with van der Waals surface area (Å²) in [6.07, 6.45) is 0. The van der Waals surface area contributed by atoms with E-state index in [0.717, 1.165) is 11.3 Å². The van der Waals surface area contributed by atoms with Crippen LogP contribution in [0.25, 0.3) is 0 Å². The van der Waals surface area contributed by atoms with Crippen molar-refractivity contribution in [1.29, 1.82) is 0 Å². The smallest absolute Gasteiger partial charge is 0.238 e. The number of carbonyl (C=O) groups is 1. The lowest BCUT2D eigenvalue weighted by Gasteiger charge is -2.20. The Labute approximate surface area is 146 Å². The number of benzene rings is 2. The molecular weight excluding hydrogens is 329 g/mol. The Balaban J connectivity index is 1.97. The van der Waals surface area contributed by atoms with E-state index in [4.69, 9.17) is 11.6 Å². The molecule has 24 heavy (non-hydrogen) atoms. The van der Waals surface area contributed by atoms with E-state index < -0.39 is 0 Å². The van der Waals surface area contributed by atoms with Crippen molar-refractivity contribution in [3.8, 4) is 0 Å². The fourth-order valence-corrected chi connectivity index (χ4v) is 2.56. The zero-order chi connectivity index (χ0) is 17.7. The van der Waals surface area contributed by atoms with E-state index in [1.807, 2.05) is 37.0 Å². The predicted octanol–water partition coefficient (Wildman–Crippen LogP) is 3.62. The van der Waals surface area contributed by atoms with Gasteiger partial charge in [-0.3, -0.25) is 9.69 Å². The number of carbonyl (C=O) groups excluding carboxylic acids is 1. The molecule has 4 nitrogen and oxygen atoms in total. The van der Waals surface area contributed by atoms with Crippen LogP contribution in [0.1, 0.15) is 5.56 Å². The molecule has 0 bridgehead atoms. The Kier molecular flexibility index (Phi) is 6.17. The number of halogens is 2. The molecule has 0 aromatic heterocycles. The molecule has 0 saturated heterocycles. The minimum Gasteiger partial charge on any atom is -0.376 e. The predicted molar refractivity (Wildman–Crippen MR) is 97.1 cm³/mol. The summed E-state index contributed by atoms with van der Waals surface area (Å²) in [4.78, 5) is 16.1. The van der Waals surface area contributed by atoms with Crippen molar-refractivity contribution in [2.24, 2.45) is 0 Å². The molecule has 0 fully saturated rings. The lowest BCUT2D eigenvalue weighted by Crippen LogP contribution is -2.30. The topological polar surface area (TPSA) is 35.6 Å². The summed E-state index contributed by atoms with van der Waals surface area (Å²) in [7, 11) is 5.65. The van der Waals surface area contributed by atoms with Gasteiger partial charge in [0.2, 0.25) is 5.91 Å². The van der Waals surface area contributed by atoms with Crippen LogP contribution in [0.3, 0.4) is 0 Å². The highest BCUT2D eigenvalue weighted by Gasteiger charge is 2.11. The van der Waals surface area contributed by atoms with Gasteiger partial charge >= 0.3 is 0 Å². The second-order valence-corrected chi connectivity index (χ2v) is 6.34. The van der Waals surface area contributed by atoms with Crippen LogP contribution in [0, 0.1) is 5.82 Å². The summed E-state index contributed by atoms with van der Waals surface area (Å²) in [6, 6.07) is 11.6. The summed E-state index contributed by atoms with van der Waals surface area (Å²) in [5.74, 6) is -0.402. The van der Waals surface area contributed by atoms with Gasteiger partial charge in [-0.25, -0.2) is 4.39 Å². The lowest BCUT2D eigenvalue weighted by molar-refractivity contribution is -0.117. The fourth-order valence-electron chi connectivity index (χ4n) is 2.39. The van der Waals surface area contributed by atoms with E-state index in [1.165, 1.54) is 12.1 Å². The molecule has 1 amide bonds. The molecule has 0 radical (unpaired) electrons. The first-order valence-electron chi connectivity index (χ1n) is 7.55. The third-order valence-electron chi connectivity index (χ3n) is 3.49. The summed E-state index contributed by atoms with van der Waals surface area (Å²) in [5, 5.41) is 3.46. The summed E-state index contributed by atoms with van der Waals surface area (Å²) < 4.78 is 12.9. The van der Waals surface area contributed by atoms with E-state index in [1.54, 1.807) is 24.3 Å². The van der Waals surface area contributed by atoms with Gasteiger partial charge in [-0.2, -0.15) is 0 Å². The van der Waals surface area contributed by atoms with Crippen molar-refractivity contribution in [3.63, 3.8) is 0 Å². The zero-order valence-corrected chi connectivity index (χ0v) is 14.8. The highest BCUT2D eigenvalue weighted by atomic mass is 35.5. The van der Waals surface area contributed by atoms with Crippen molar-refractivity contribution in [2.75, 3.05) is 37.9 Å². The summed E-state index contributed by atoms with van der Waals surface area (Å²) >= 11 is 6.02. The Morgan fingerprint density at radius 2 is 1.79 bits per heavy atom. The van der Waals surface area contributed by atoms with Gasteiger partial charge < -0.3 is 10.2 Å². The lowest BCUT2D eigenvalue weighted by atomic mass is 10.2. The number of amides is 1. The van der Waals surface area contributed by atoms with Gasteiger partial charge in [0.1, 0.15) is 5.82 Å². The standard InChI is InChI=1S/C18H21ClFN3O/c1-22(2)17-9-6-14(19)10-16(17)21-18(24)12-23(3)11-13-4-7-15(20)8-5-13/h4-10H,11-12H2,1-3H3,(H,21,24). The van der Waals surface area contributed by atoms with Gasteiger partial charge in [0.15, 0.2) is 0 Å². The average molecular weight is 350 g/mol. The highest BCUT2D eigenvalue weighted by Crippen LogP contribution is 2.27. The maximum Gasteiger partial charge on any atom is 0.238 e. The molecule has 0 heterocycles. The second-order valence-electron chi connectivity index (χ2n) is 5.90. The molecule has 128 valence electrons. The summed E-state index contributed by atoms with van der Waals surface area (Å²) in [5.41, 5.74) is 2.50. The fraction of sp³-hybridized carbons (Fsp3) is 0.278. The molecule has 2 aromatic rings. The molecule has 0 aliphatic heterocycles. The van der Waals surface area contributed by atoms with Crippen molar-refractivity contribution in [3.05, 3.63) is 58.9 Å². The first-order valence-corrected chi connectivity index (χ1v) is 7.92. The van der Waals surface area contributed by atoms with Crippen LogP contribution in [0.2, 0.25) is 5.02 Å². The number of nitrogens with zero attached hydrogens (tertiary/aromatic N) is 2. The van der Waals surface area contributed by atoms with Gasteiger partial charge in [-0.1, -0.05) is 23.7 Å². The van der Waals surface area contributed by atoms with Crippen LogP contribution >= 0.6 is 11.6 Å². The molecule has 1 N–H and O–H groups in total. The van der Waals surface area contributed by atoms with Gasteiger partial charge in [0.05, 0.1) is 17.9 Å². The normalized spacial score (nSPS) is 10.8. The minimum atomic E-state index is -0.267. The first-order chi connectivity index (χ1) is 11.3. The minimum absolute atomic E-state index is 0.134. The molecule has 0 atom stereocenters. The van der Waals surface area contributed by atoms with E-state index in [0.29, 0.717) is 17.3 Å². The van der Waals surface area contributed by atoms with Gasteiger partial charge in [0.25, 0.3) is 0 Å². The second kappa shape index (κ2) is 8.13. The van der Waals surface area contributed by atoms with Crippen molar-refractivity contribution >= 4 is 28.9 Å². The van der Waals surface area contributed by atoms with Crippen LogP contribution < -0.4 is 10.2 Å². The third-order valence-corrected chi connectivity index (χ3v) is 3.73. The Morgan fingerprint density at radius 3 is 2.42 bits per heavy atom. The number of hydrogen-bond acceptors (Lipinski definition) is 3. The maximum absolute atomic E-state index is 12.9. The zero-order valence-electron chi connectivity index (χ0n) is 14.0. The highest BCUT2D eigenvalue weighted by molar-refractivity contribution is 6.31. The Bertz CT molecular complexity index is 704. The monoisotopic (exact) mass is 349 g/mol. The third kappa shape index (κ3) is 5.22. The number of anilines is 2. The summed E-state index contributed by atoms with van der Waals surface area (Å²) in [6.45, 7) is 0.778. The van der Waals surface area contributed by atoms with Crippen LogP contribution in [-0.2, 0) is 11.3 Å². The van der Waals surface area contributed by atoms with Crippen molar-refractivity contribution < 1.29 is 9.18 Å². The van der Waals surface area contributed by atoms with Gasteiger partial charge in [-0.05, 0) is 42.9 Å². The molecular formula is C18H21ClFN3O. The van der Waals surface area contributed by atoms with Crippen LogP contribution in [0.5, 0.6) is 0 Å². The van der Waals surface area contributed by atoms with Gasteiger partial charge in [0, 0.05) is 25.7 Å². The average Bonchev–Trinajstić information content (AvgIpc) is 2.49. The molecule has 0 spiro atoms. The van der Waals surface area contributed by atoms with E-state index in [2.05, 4.69) is 5.32 Å². The first kappa shape index (κ1) is 18.2. The Hall–Kier alpha value is -2.11.